The van der Waals surface area contributed by atoms with Crippen LogP contribution < -0.4 is 20.6 Å². The van der Waals surface area contributed by atoms with Gasteiger partial charge in [-0.15, -0.1) is 0 Å². The predicted molar refractivity (Wildman–Crippen MR) is 285 cm³/mol. The second kappa shape index (κ2) is 14.7. The average molecular weight is 857 g/mol. The van der Waals surface area contributed by atoms with Gasteiger partial charge in [0, 0.05) is 39.3 Å². The molecule has 0 saturated heterocycles. The number of hydrogen-bond acceptors (Lipinski definition) is 2. The molecule has 1 aliphatic carbocycles. The second-order valence-corrected chi connectivity index (χ2v) is 22.7. The lowest BCUT2D eigenvalue weighted by Crippen LogP contribution is -2.61. The molecule has 3 aliphatic rings. The molecule has 0 spiro atoms. The number of anilines is 5. The number of fused-ring (bicyclic) bond motifs is 7. The van der Waals surface area contributed by atoms with Gasteiger partial charge in [0.15, 0.2) is 0 Å². The smallest absolute Gasteiger partial charge is 0.333 e. The van der Waals surface area contributed by atoms with Crippen molar-refractivity contribution < 1.29 is 0 Å². The number of hydrogen-bond donors (Lipinski definition) is 0. The fourth-order valence-corrected chi connectivity index (χ4v) is 11.1. The normalized spacial score (nSPS) is 14.6. The SMILES string of the molecule is CC(C)(C)c1ccc(N2B3c4cc5c(cc4N(c4ccc(C(C)(C)C)cc4-c4ccccc4)c4cc(-c6ccccc6)cc(c43)-c3ccc(C(C)(C)C)cc32)-c2ccccc2C5(C)C)cc1. The van der Waals surface area contributed by atoms with Crippen LogP contribution in [0.2, 0.25) is 0 Å². The van der Waals surface area contributed by atoms with Crippen molar-refractivity contribution in [1.29, 1.82) is 0 Å². The Morgan fingerprint density at radius 2 is 0.970 bits per heavy atom. The molecule has 0 amide bonds. The first-order chi connectivity index (χ1) is 31.4. The van der Waals surface area contributed by atoms with Crippen LogP contribution in [-0.4, -0.2) is 6.85 Å². The lowest BCUT2D eigenvalue weighted by molar-refractivity contribution is 0.590. The molecule has 8 aromatic carbocycles. The van der Waals surface area contributed by atoms with Crippen molar-refractivity contribution in [2.45, 2.75) is 97.8 Å². The van der Waals surface area contributed by atoms with E-state index in [1.807, 2.05) is 0 Å². The fourth-order valence-electron chi connectivity index (χ4n) is 11.1. The summed E-state index contributed by atoms with van der Waals surface area (Å²) in [4.78, 5) is 5.35. The molecule has 0 unspecified atom stereocenters. The highest BCUT2D eigenvalue weighted by Crippen LogP contribution is 2.55. The quantitative estimate of drug-likeness (QED) is 0.163. The minimum atomic E-state index is -0.180. The van der Waals surface area contributed by atoms with Crippen LogP contribution in [0.1, 0.15) is 104 Å². The molecule has 11 rings (SSSR count). The summed E-state index contributed by atoms with van der Waals surface area (Å²) in [5, 5.41) is 0. The van der Waals surface area contributed by atoms with Crippen molar-refractivity contribution in [3.63, 3.8) is 0 Å². The highest BCUT2D eigenvalue weighted by molar-refractivity contribution is 6.93. The predicted octanol–water partition coefficient (Wildman–Crippen LogP) is 15.9. The maximum Gasteiger partial charge on any atom is 0.333 e. The Morgan fingerprint density at radius 3 is 1.64 bits per heavy atom. The number of rotatable bonds is 4. The van der Waals surface area contributed by atoms with E-state index in [-0.39, 0.29) is 28.5 Å². The van der Waals surface area contributed by atoms with Gasteiger partial charge in [0.05, 0.1) is 5.69 Å². The average Bonchev–Trinajstić information content (AvgIpc) is 3.52. The number of nitrogens with zero attached hydrogens (tertiary/aromatic N) is 2. The summed E-state index contributed by atoms with van der Waals surface area (Å²) in [6, 6.07) is 65.3. The lowest BCUT2D eigenvalue weighted by atomic mass is 9.43. The zero-order valence-electron chi connectivity index (χ0n) is 40.6. The van der Waals surface area contributed by atoms with Gasteiger partial charge in [-0.25, -0.2) is 0 Å². The molecule has 8 aromatic rings. The Balaban J connectivity index is 1.31. The lowest BCUT2D eigenvalue weighted by Gasteiger charge is -2.47. The molecular formula is C63H61BN2. The Morgan fingerprint density at radius 1 is 0.379 bits per heavy atom. The van der Waals surface area contributed by atoms with Gasteiger partial charge in [0.2, 0.25) is 0 Å². The Hall–Kier alpha value is -6.58. The van der Waals surface area contributed by atoms with Crippen LogP contribution in [0.15, 0.2) is 170 Å². The Labute approximate surface area is 394 Å². The minimum absolute atomic E-state index is 0.0312. The van der Waals surface area contributed by atoms with E-state index in [4.69, 9.17) is 0 Å². The van der Waals surface area contributed by atoms with Crippen molar-refractivity contribution in [1.82, 2.24) is 0 Å². The first kappa shape index (κ1) is 42.1. The van der Waals surface area contributed by atoms with Crippen LogP contribution in [0, 0.1) is 0 Å². The summed E-state index contributed by atoms with van der Waals surface area (Å²) in [5.41, 5.74) is 25.3. The third-order valence-corrected chi connectivity index (χ3v) is 14.9. The molecule has 326 valence electrons. The molecule has 2 aliphatic heterocycles. The number of benzene rings is 8. The van der Waals surface area contributed by atoms with E-state index < -0.39 is 0 Å². The third kappa shape index (κ3) is 6.60. The molecule has 0 bridgehead atoms. The molecule has 2 nitrogen and oxygen atoms in total. The van der Waals surface area contributed by atoms with Crippen molar-refractivity contribution in [2.24, 2.45) is 0 Å². The first-order valence-electron chi connectivity index (χ1n) is 24.0. The summed E-state index contributed by atoms with van der Waals surface area (Å²) < 4.78 is 0. The maximum absolute atomic E-state index is 2.70. The van der Waals surface area contributed by atoms with Gasteiger partial charge in [-0.1, -0.05) is 197 Å². The molecule has 66 heavy (non-hydrogen) atoms. The van der Waals surface area contributed by atoms with Crippen molar-refractivity contribution >= 4 is 46.2 Å². The van der Waals surface area contributed by atoms with Gasteiger partial charge in [-0.2, -0.15) is 0 Å². The molecule has 2 heterocycles. The molecule has 0 radical (unpaired) electrons. The molecule has 0 atom stereocenters. The molecule has 0 fully saturated rings. The van der Waals surface area contributed by atoms with E-state index in [1.54, 1.807) is 0 Å². The van der Waals surface area contributed by atoms with Crippen molar-refractivity contribution in [3.8, 4) is 44.5 Å². The molecule has 3 heteroatoms. The van der Waals surface area contributed by atoms with Gasteiger partial charge in [0.25, 0.3) is 0 Å². The summed E-state index contributed by atoms with van der Waals surface area (Å²) in [7, 11) is 0. The van der Waals surface area contributed by atoms with Gasteiger partial charge >= 0.3 is 6.85 Å². The van der Waals surface area contributed by atoms with Crippen molar-refractivity contribution in [3.05, 3.63) is 198 Å². The van der Waals surface area contributed by atoms with E-state index >= 15 is 0 Å². The van der Waals surface area contributed by atoms with Gasteiger partial charge in [0.1, 0.15) is 0 Å². The zero-order valence-corrected chi connectivity index (χ0v) is 40.6. The first-order valence-corrected chi connectivity index (χ1v) is 24.0. The Bertz CT molecular complexity index is 3210. The van der Waals surface area contributed by atoms with E-state index in [1.165, 1.54) is 112 Å². The van der Waals surface area contributed by atoms with Gasteiger partial charge < -0.3 is 9.71 Å². The van der Waals surface area contributed by atoms with Crippen LogP contribution in [0.25, 0.3) is 44.5 Å². The van der Waals surface area contributed by atoms with Crippen molar-refractivity contribution in [2.75, 3.05) is 9.71 Å². The largest absolute Gasteiger partial charge is 0.376 e. The summed E-state index contributed by atoms with van der Waals surface area (Å²) >= 11 is 0. The molecule has 0 aromatic heterocycles. The van der Waals surface area contributed by atoms with Crippen LogP contribution in [0.4, 0.5) is 28.4 Å². The van der Waals surface area contributed by atoms with E-state index in [0.29, 0.717) is 0 Å². The van der Waals surface area contributed by atoms with Crippen LogP contribution >= 0.6 is 0 Å². The van der Waals surface area contributed by atoms with Gasteiger partial charge in [-0.05, 0) is 137 Å². The molecule has 0 saturated carbocycles. The fraction of sp³-hybridized carbons (Fsp3) is 0.238. The van der Waals surface area contributed by atoms with E-state index in [9.17, 15) is 0 Å². The molecular weight excluding hydrogens is 796 g/mol. The standard InChI is InChI=1S/C63H61BN2/c1-60(2,3)43-26-30-46(31-27-43)66-56-37-45(62(7,8)9)28-32-48(56)51-34-42(40-20-14-12-15-21-40)35-58-59(51)64(66)54-39-53-50(47-24-18-19-25-52(47)63(53,10)11)38-57(54)65(58)55-33-29-44(61(4,5)6)36-49(55)41-22-16-13-17-23-41/h12-39H,1-11H3. The van der Waals surface area contributed by atoms with Crippen LogP contribution in [-0.2, 0) is 21.7 Å². The summed E-state index contributed by atoms with van der Waals surface area (Å²) in [6.45, 7) is 25.6. The van der Waals surface area contributed by atoms with Gasteiger partial charge in [-0.3, -0.25) is 0 Å². The van der Waals surface area contributed by atoms with Crippen LogP contribution in [0.3, 0.4) is 0 Å². The highest BCUT2D eigenvalue weighted by atomic mass is 15.2. The third-order valence-electron chi connectivity index (χ3n) is 14.9. The highest BCUT2D eigenvalue weighted by Gasteiger charge is 2.48. The van der Waals surface area contributed by atoms with E-state index in [2.05, 4.69) is 256 Å². The second-order valence-electron chi connectivity index (χ2n) is 22.7. The maximum atomic E-state index is 2.70. The van der Waals surface area contributed by atoms with E-state index in [0.717, 1.165) is 0 Å². The topological polar surface area (TPSA) is 6.48 Å². The summed E-state index contributed by atoms with van der Waals surface area (Å²) in [5.74, 6) is 0. The monoisotopic (exact) mass is 856 g/mol. The minimum Gasteiger partial charge on any atom is -0.376 e. The molecule has 0 N–H and O–H groups in total. The Kier molecular flexibility index (Phi) is 9.38. The van der Waals surface area contributed by atoms with Crippen LogP contribution in [0.5, 0.6) is 0 Å². The zero-order chi connectivity index (χ0) is 46.1. The summed E-state index contributed by atoms with van der Waals surface area (Å²) in [6.07, 6.45) is 0.